The Labute approximate surface area is 426 Å². The Morgan fingerprint density at radius 1 is 0.449 bits per heavy atom. The smallest absolute Gasteiger partial charge is 0.220 e. The second-order valence-electron chi connectivity index (χ2n) is 21.7. The van der Waals surface area contributed by atoms with Crippen LogP contribution in [0.4, 0.5) is 0 Å². The van der Waals surface area contributed by atoms with E-state index in [0.29, 0.717) is 6.42 Å². The van der Waals surface area contributed by atoms with Crippen molar-refractivity contribution in [3.8, 4) is 0 Å². The van der Waals surface area contributed by atoms with Crippen molar-refractivity contribution in [1.82, 2.24) is 5.32 Å². The van der Waals surface area contributed by atoms with Crippen LogP contribution in [-0.2, 0) is 14.3 Å². The molecule has 1 saturated heterocycles. The molecule has 1 amide bonds. The number of unbranched alkanes of at least 4 members (excludes halogenated alkanes) is 42. The molecular formula is C59H117NO9. The molecule has 0 spiro atoms. The molecule has 0 radical (unpaired) electrons. The maximum Gasteiger partial charge on any atom is 0.220 e. The molecule has 0 aromatic heterocycles. The number of aliphatic hydroxyl groups excluding tert-OH is 6. The Morgan fingerprint density at radius 3 is 1.07 bits per heavy atom. The van der Waals surface area contributed by atoms with E-state index in [-0.39, 0.29) is 18.9 Å². The number of carbonyl (C=O) groups is 1. The van der Waals surface area contributed by atoms with Crippen LogP contribution in [0, 0.1) is 0 Å². The molecule has 0 aromatic rings. The number of aliphatic hydroxyl groups is 6. The maximum absolute atomic E-state index is 13.0. The number of nitrogens with one attached hydrogen (secondary N) is 1. The lowest BCUT2D eigenvalue weighted by molar-refractivity contribution is -0.303. The van der Waals surface area contributed by atoms with Crippen molar-refractivity contribution in [2.45, 2.75) is 358 Å². The van der Waals surface area contributed by atoms with E-state index in [1.807, 2.05) is 0 Å². The molecule has 69 heavy (non-hydrogen) atoms. The van der Waals surface area contributed by atoms with E-state index >= 15 is 0 Å². The van der Waals surface area contributed by atoms with Gasteiger partial charge in [-0.2, -0.15) is 0 Å². The van der Waals surface area contributed by atoms with Crippen LogP contribution < -0.4 is 5.32 Å². The molecular weight excluding hydrogens is 867 g/mol. The minimum absolute atomic E-state index is 0.253. The van der Waals surface area contributed by atoms with Crippen molar-refractivity contribution in [3.63, 3.8) is 0 Å². The highest BCUT2D eigenvalue weighted by atomic mass is 16.7. The van der Waals surface area contributed by atoms with Crippen molar-refractivity contribution in [1.29, 1.82) is 0 Å². The van der Waals surface area contributed by atoms with E-state index in [9.17, 15) is 35.4 Å². The Kier molecular flexibility index (Phi) is 47.3. The SMILES string of the molecule is CCCCCCCCCCCCCCCCCCCCCCCCCCCCCCCCCCCCCCC(=O)N[C@@H](CO[C@@H]1O[C@H](CO)[C@H](O)C(O)C1O)[C@H](O)[C@H](O)CCCCCCCCCC. The van der Waals surface area contributed by atoms with Crippen LogP contribution in [0.5, 0.6) is 0 Å². The summed E-state index contributed by atoms with van der Waals surface area (Å²) in [6, 6.07) is -0.984. The number of carbonyl (C=O) groups excluding carboxylic acids is 1. The van der Waals surface area contributed by atoms with Gasteiger partial charge < -0.3 is 45.4 Å². The Hall–Kier alpha value is -0.850. The number of amides is 1. The molecule has 1 rings (SSSR count). The van der Waals surface area contributed by atoms with E-state index in [0.717, 1.165) is 44.9 Å². The quantitative estimate of drug-likeness (QED) is 0.0293. The highest BCUT2D eigenvalue weighted by Crippen LogP contribution is 2.24. The number of rotatable bonds is 53. The third-order valence-electron chi connectivity index (χ3n) is 15.1. The Bertz CT molecular complexity index is 1070. The van der Waals surface area contributed by atoms with Gasteiger partial charge in [-0.25, -0.2) is 0 Å². The second kappa shape index (κ2) is 49.4. The molecule has 10 nitrogen and oxygen atoms in total. The van der Waals surface area contributed by atoms with E-state index < -0.39 is 55.6 Å². The van der Waals surface area contributed by atoms with Crippen LogP contribution in [0.2, 0.25) is 0 Å². The van der Waals surface area contributed by atoms with Gasteiger partial charge in [-0.1, -0.05) is 290 Å². The summed E-state index contributed by atoms with van der Waals surface area (Å²) in [7, 11) is 0. The molecule has 0 bridgehead atoms. The normalized spacial score (nSPS) is 19.8. The van der Waals surface area contributed by atoms with E-state index in [2.05, 4.69) is 19.2 Å². The van der Waals surface area contributed by atoms with Gasteiger partial charge in [0.05, 0.1) is 25.4 Å². The molecule has 0 aliphatic carbocycles. The van der Waals surface area contributed by atoms with Gasteiger partial charge in [-0.05, 0) is 12.8 Å². The third-order valence-corrected chi connectivity index (χ3v) is 15.1. The summed E-state index contributed by atoms with van der Waals surface area (Å²) in [5, 5.41) is 65.2. The molecule has 1 heterocycles. The zero-order chi connectivity index (χ0) is 50.3. The lowest BCUT2D eigenvalue weighted by Gasteiger charge is -2.40. The Morgan fingerprint density at radius 2 is 0.754 bits per heavy atom. The average molecular weight is 985 g/mol. The highest BCUT2D eigenvalue weighted by Gasteiger charge is 2.44. The monoisotopic (exact) mass is 984 g/mol. The van der Waals surface area contributed by atoms with Gasteiger partial charge >= 0.3 is 0 Å². The standard InChI is InChI=1S/C59H117NO9/c1-3-5-7-9-11-13-14-15-16-17-18-19-20-21-22-23-24-25-26-27-28-29-30-31-32-33-34-35-36-37-38-39-40-42-44-46-48-54(63)60-51(50-68-59-58(67)57(66)56(65)53(49-61)69-59)55(64)52(62)47-45-43-41-12-10-8-6-4-2/h51-53,55-59,61-62,64-67H,3-50H2,1-2H3,(H,60,63)/t51-,52+,53+,55-,56-,57?,58?,59+/m0/s1. The fourth-order valence-electron chi connectivity index (χ4n) is 10.2. The lowest BCUT2D eigenvalue weighted by Crippen LogP contribution is -2.60. The van der Waals surface area contributed by atoms with Crippen LogP contribution in [0.25, 0.3) is 0 Å². The van der Waals surface area contributed by atoms with Gasteiger partial charge in [0, 0.05) is 6.42 Å². The summed E-state index contributed by atoms with van der Waals surface area (Å²) in [5.74, 6) is -0.253. The predicted molar refractivity (Wildman–Crippen MR) is 287 cm³/mol. The number of hydrogen-bond acceptors (Lipinski definition) is 9. The van der Waals surface area contributed by atoms with Crippen molar-refractivity contribution in [2.24, 2.45) is 0 Å². The predicted octanol–water partition coefficient (Wildman–Crippen LogP) is 14.0. The average Bonchev–Trinajstić information content (AvgIpc) is 3.35. The fraction of sp³-hybridized carbons (Fsp3) is 0.983. The Balaban J connectivity index is 2.02. The molecule has 0 aromatic carbocycles. The maximum atomic E-state index is 13.0. The first-order chi connectivity index (χ1) is 33.8. The molecule has 2 unspecified atom stereocenters. The van der Waals surface area contributed by atoms with Gasteiger partial charge in [0.25, 0.3) is 0 Å². The second-order valence-corrected chi connectivity index (χ2v) is 21.7. The van der Waals surface area contributed by atoms with Crippen LogP contribution in [0.3, 0.4) is 0 Å². The van der Waals surface area contributed by atoms with Crippen LogP contribution >= 0.6 is 0 Å². The minimum atomic E-state index is -1.60. The molecule has 10 heteroatoms. The first kappa shape index (κ1) is 66.2. The largest absolute Gasteiger partial charge is 0.394 e. The first-order valence-electron chi connectivity index (χ1n) is 30.3. The third kappa shape index (κ3) is 38.4. The van der Waals surface area contributed by atoms with E-state index in [1.165, 1.54) is 238 Å². The molecule has 7 N–H and O–H groups in total. The fourth-order valence-corrected chi connectivity index (χ4v) is 10.2. The van der Waals surface area contributed by atoms with Crippen molar-refractivity contribution >= 4 is 5.91 Å². The zero-order valence-electron chi connectivity index (χ0n) is 45.5. The first-order valence-corrected chi connectivity index (χ1v) is 30.3. The summed E-state index contributed by atoms with van der Waals surface area (Å²) >= 11 is 0. The summed E-state index contributed by atoms with van der Waals surface area (Å²) in [6.45, 7) is 3.60. The van der Waals surface area contributed by atoms with Gasteiger partial charge in [0.15, 0.2) is 6.29 Å². The van der Waals surface area contributed by atoms with Crippen molar-refractivity contribution < 1.29 is 44.9 Å². The van der Waals surface area contributed by atoms with Gasteiger partial charge in [-0.15, -0.1) is 0 Å². The topological polar surface area (TPSA) is 169 Å². The van der Waals surface area contributed by atoms with Gasteiger partial charge in [0.1, 0.15) is 30.5 Å². The van der Waals surface area contributed by atoms with Crippen LogP contribution in [-0.4, -0.2) is 98.7 Å². The van der Waals surface area contributed by atoms with Crippen LogP contribution in [0.1, 0.15) is 309 Å². The van der Waals surface area contributed by atoms with Gasteiger partial charge in [0.2, 0.25) is 5.91 Å². The highest BCUT2D eigenvalue weighted by molar-refractivity contribution is 5.76. The number of hydrogen-bond donors (Lipinski definition) is 7. The molecule has 1 aliphatic rings. The summed E-state index contributed by atoms with van der Waals surface area (Å²) in [5.41, 5.74) is 0. The van der Waals surface area contributed by atoms with E-state index in [4.69, 9.17) is 9.47 Å². The molecule has 1 aliphatic heterocycles. The number of ether oxygens (including phenoxy) is 2. The summed E-state index contributed by atoms with van der Waals surface area (Å²) in [6.07, 6.45) is 49.1. The molecule has 0 saturated carbocycles. The molecule has 1 fully saturated rings. The molecule has 412 valence electrons. The lowest BCUT2D eigenvalue weighted by atomic mass is 9.98. The summed E-state index contributed by atoms with van der Waals surface area (Å²) in [4.78, 5) is 13.0. The van der Waals surface area contributed by atoms with Crippen molar-refractivity contribution in [2.75, 3.05) is 13.2 Å². The van der Waals surface area contributed by atoms with Gasteiger partial charge in [-0.3, -0.25) is 4.79 Å². The van der Waals surface area contributed by atoms with E-state index in [1.54, 1.807) is 0 Å². The minimum Gasteiger partial charge on any atom is -0.394 e. The summed E-state index contributed by atoms with van der Waals surface area (Å²) < 4.78 is 11.2. The molecule has 8 atom stereocenters. The van der Waals surface area contributed by atoms with Crippen molar-refractivity contribution in [3.05, 3.63) is 0 Å². The van der Waals surface area contributed by atoms with Crippen LogP contribution in [0.15, 0.2) is 0 Å². The zero-order valence-corrected chi connectivity index (χ0v) is 45.5.